The number of rotatable bonds is 7. The largest absolute Gasteiger partial charge is 0.345 e. The van der Waals surface area contributed by atoms with Crippen molar-refractivity contribution in [2.24, 2.45) is 0 Å². The number of carbonyl (C=O) groups is 1. The Morgan fingerprint density at radius 3 is 2.29 bits per heavy atom. The fraction of sp³-hybridized carbons (Fsp3) is 0.240. The van der Waals surface area contributed by atoms with Gasteiger partial charge >= 0.3 is 0 Å². The molecule has 0 bridgehead atoms. The van der Waals surface area contributed by atoms with E-state index in [2.05, 4.69) is 5.32 Å². The second kappa shape index (κ2) is 9.35. The van der Waals surface area contributed by atoms with Gasteiger partial charge in [-0.3, -0.25) is 9.10 Å². The van der Waals surface area contributed by atoms with Gasteiger partial charge in [0.2, 0.25) is 0 Å². The van der Waals surface area contributed by atoms with Crippen LogP contribution < -0.4 is 9.62 Å². The molecule has 1 N–H and O–H groups in total. The molecule has 1 atom stereocenters. The highest BCUT2D eigenvalue weighted by Gasteiger charge is 2.24. The molecule has 5 nitrogen and oxygen atoms in total. The van der Waals surface area contributed by atoms with Crippen LogP contribution in [0.4, 0.5) is 5.69 Å². The third-order valence-corrected chi connectivity index (χ3v) is 7.17. The Labute approximate surface area is 184 Å². The second-order valence-electron chi connectivity index (χ2n) is 7.63. The molecule has 0 aliphatic rings. The number of anilines is 1. The van der Waals surface area contributed by atoms with Crippen LogP contribution in [0.25, 0.3) is 0 Å². The first-order chi connectivity index (χ1) is 14.7. The number of amides is 1. The monoisotopic (exact) mass is 436 g/mol. The van der Waals surface area contributed by atoms with Crippen molar-refractivity contribution in [3.05, 3.63) is 95.1 Å². The Hall–Kier alpha value is -3.12. The topological polar surface area (TPSA) is 66.5 Å². The standard InChI is InChI=1S/C25H28N2O3S/c1-5-23(20-15-13-18(2)14-16-20)26-25(28)21-10-8-11-22(17-21)31(29,30)27(4)24-12-7-6-9-19(24)3/h6-17,23H,5H2,1-4H3,(H,26,28). The van der Waals surface area contributed by atoms with E-state index in [1.807, 2.05) is 57.2 Å². The number of aryl methyl sites for hydroxylation is 2. The molecule has 0 aromatic heterocycles. The fourth-order valence-electron chi connectivity index (χ4n) is 3.46. The molecular formula is C25H28N2O3S. The number of sulfonamides is 1. The summed E-state index contributed by atoms with van der Waals surface area (Å²) in [7, 11) is -2.29. The predicted octanol–water partition coefficient (Wildman–Crippen LogP) is 5.01. The first kappa shape index (κ1) is 22.6. The van der Waals surface area contributed by atoms with Crippen molar-refractivity contribution in [3.8, 4) is 0 Å². The summed E-state index contributed by atoms with van der Waals surface area (Å²) in [4.78, 5) is 13.0. The van der Waals surface area contributed by atoms with E-state index >= 15 is 0 Å². The summed E-state index contributed by atoms with van der Waals surface area (Å²) in [5.41, 5.74) is 3.93. The first-order valence-corrected chi connectivity index (χ1v) is 11.7. The first-order valence-electron chi connectivity index (χ1n) is 10.3. The number of hydrogen-bond acceptors (Lipinski definition) is 3. The molecule has 0 radical (unpaired) electrons. The number of carbonyl (C=O) groups excluding carboxylic acids is 1. The molecule has 6 heteroatoms. The highest BCUT2D eigenvalue weighted by Crippen LogP contribution is 2.26. The molecule has 0 heterocycles. The van der Waals surface area contributed by atoms with Crippen LogP contribution in [0.2, 0.25) is 0 Å². The normalized spacial score (nSPS) is 12.3. The highest BCUT2D eigenvalue weighted by molar-refractivity contribution is 7.92. The second-order valence-corrected chi connectivity index (χ2v) is 9.60. The van der Waals surface area contributed by atoms with Crippen LogP contribution in [0.15, 0.2) is 77.7 Å². The van der Waals surface area contributed by atoms with Gasteiger partial charge in [0.25, 0.3) is 15.9 Å². The van der Waals surface area contributed by atoms with Gasteiger partial charge in [0.15, 0.2) is 0 Å². The molecule has 0 saturated heterocycles. The average molecular weight is 437 g/mol. The summed E-state index contributed by atoms with van der Waals surface area (Å²) >= 11 is 0. The van der Waals surface area contributed by atoms with Crippen molar-refractivity contribution >= 4 is 21.6 Å². The van der Waals surface area contributed by atoms with Crippen molar-refractivity contribution in [2.75, 3.05) is 11.4 Å². The molecule has 0 aliphatic carbocycles. The number of para-hydroxylation sites is 1. The summed E-state index contributed by atoms with van der Waals surface area (Å²) in [6.07, 6.45) is 0.725. The van der Waals surface area contributed by atoms with Crippen molar-refractivity contribution in [2.45, 2.75) is 38.1 Å². The van der Waals surface area contributed by atoms with Crippen LogP contribution in [-0.4, -0.2) is 21.4 Å². The number of hydrogen-bond donors (Lipinski definition) is 1. The SMILES string of the molecule is CCC(NC(=O)c1cccc(S(=O)(=O)N(C)c2ccccc2C)c1)c1ccc(C)cc1. The number of benzene rings is 3. The van der Waals surface area contributed by atoms with Crippen molar-refractivity contribution in [3.63, 3.8) is 0 Å². The third kappa shape index (κ3) is 4.97. The van der Waals surface area contributed by atoms with Gasteiger partial charge in [0, 0.05) is 12.6 Å². The lowest BCUT2D eigenvalue weighted by atomic mass is 10.0. The Morgan fingerprint density at radius 2 is 1.65 bits per heavy atom. The molecule has 0 fully saturated rings. The molecule has 3 aromatic carbocycles. The van der Waals surface area contributed by atoms with E-state index in [-0.39, 0.29) is 16.8 Å². The zero-order valence-electron chi connectivity index (χ0n) is 18.3. The minimum atomic E-state index is -3.81. The van der Waals surface area contributed by atoms with Crippen molar-refractivity contribution in [1.82, 2.24) is 5.32 Å². The van der Waals surface area contributed by atoms with Gasteiger partial charge in [-0.05, 0) is 55.7 Å². The quantitative estimate of drug-likeness (QED) is 0.566. The van der Waals surface area contributed by atoms with Gasteiger partial charge in [0.05, 0.1) is 16.6 Å². The summed E-state index contributed by atoms with van der Waals surface area (Å²) in [5, 5.41) is 3.02. The van der Waals surface area contributed by atoms with E-state index in [0.29, 0.717) is 11.3 Å². The number of nitrogens with one attached hydrogen (secondary N) is 1. The highest BCUT2D eigenvalue weighted by atomic mass is 32.2. The zero-order valence-corrected chi connectivity index (χ0v) is 19.1. The summed E-state index contributed by atoms with van der Waals surface area (Å²) < 4.78 is 27.6. The van der Waals surface area contributed by atoms with Crippen molar-refractivity contribution in [1.29, 1.82) is 0 Å². The van der Waals surface area contributed by atoms with Crippen LogP contribution >= 0.6 is 0 Å². The van der Waals surface area contributed by atoms with Gasteiger partial charge in [0.1, 0.15) is 0 Å². The van der Waals surface area contributed by atoms with E-state index in [9.17, 15) is 13.2 Å². The Kier molecular flexibility index (Phi) is 6.81. The maximum Gasteiger partial charge on any atom is 0.264 e. The van der Waals surface area contributed by atoms with Gasteiger partial charge in [-0.2, -0.15) is 0 Å². The minimum absolute atomic E-state index is 0.0780. The lowest BCUT2D eigenvalue weighted by Crippen LogP contribution is -2.29. The molecular weight excluding hydrogens is 408 g/mol. The van der Waals surface area contributed by atoms with Gasteiger partial charge in [-0.15, -0.1) is 0 Å². The molecule has 3 rings (SSSR count). The maximum atomic E-state index is 13.2. The van der Waals surface area contributed by atoms with E-state index in [1.54, 1.807) is 24.3 Å². The van der Waals surface area contributed by atoms with Gasteiger partial charge in [-0.25, -0.2) is 8.42 Å². The number of nitrogens with zero attached hydrogens (tertiary/aromatic N) is 1. The summed E-state index contributed by atoms with van der Waals surface area (Å²) in [6, 6.07) is 21.3. The lowest BCUT2D eigenvalue weighted by Gasteiger charge is -2.22. The molecule has 31 heavy (non-hydrogen) atoms. The summed E-state index contributed by atoms with van der Waals surface area (Å²) in [5.74, 6) is -0.303. The maximum absolute atomic E-state index is 13.2. The summed E-state index contributed by atoms with van der Waals surface area (Å²) in [6.45, 7) is 5.88. The zero-order chi connectivity index (χ0) is 22.6. The molecule has 0 saturated carbocycles. The van der Waals surface area contributed by atoms with Crippen LogP contribution in [-0.2, 0) is 10.0 Å². The smallest absolute Gasteiger partial charge is 0.264 e. The van der Waals surface area contributed by atoms with E-state index in [1.165, 1.54) is 23.5 Å². The molecule has 3 aromatic rings. The van der Waals surface area contributed by atoms with E-state index < -0.39 is 10.0 Å². The molecule has 0 aliphatic heterocycles. The van der Waals surface area contributed by atoms with E-state index in [0.717, 1.165) is 23.1 Å². The molecule has 162 valence electrons. The Bertz CT molecular complexity index is 1170. The van der Waals surface area contributed by atoms with Gasteiger partial charge in [-0.1, -0.05) is 61.0 Å². The van der Waals surface area contributed by atoms with Crippen LogP contribution in [0.3, 0.4) is 0 Å². The third-order valence-electron chi connectivity index (χ3n) is 5.40. The van der Waals surface area contributed by atoms with Crippen LogP contribution in [0.1, 0.15) is 46.4 Å². The van der Waals surface area contributed by atoms with Crippen LogP contribution in [0.5, 0.6) is 0 Å². The Balaban J connectivity index is 1.85. The Morgan fingerprint density at radius 1 is 0.968 bits per heavy atom. The fourth-order valence-corrected chi connectivity index (χ4v) is 4.77. The predicted molar refractivity (Wildman–Crippen MR) is 125 cm³/mol. The van der Waals surface area contributed by atoms with Crippen molar-refractivity contribution < 1.29 is 13.2 Å². The van der Waals surface area contributed by atoms with E-state index in [4.69, 9.17) is 0 Å². The lowest BCUT2D eigenvalue weighted by molar-refractivity contribution is 0.0935. The van der Waals surface area contributed by atoms with Gasteiger partial charge < -0.3 is 5.32 Å². The molecule has 1 amide bonds. The average Bonchev–Trinajstić information content (AvgIpc) is 2.78. The van der Waals surface area contributed by atoms with Crippen LogP contribution in [0, 0.1) is 13.8 Å². The molecule has 0 spiro atoms. The molecule has 1 unspecified atom stereocenters. The minimum Gasteiger partial charge on any atom is -0.345 e.